The molecule has 2 aromatic carbocycles. The zero-order valence-corrected chi connectivity index (χ0v) is 13.0. The van der Waals surface area contributed by atoms with Crippen LogP contribution in [0, 0.1) is 6.92 Å². The maximum atomic E-state index is 10.6. The Morgan fingerprint density at radius 1 is 1.14 bits per heavy atom. The molecule has 0 aliphatic rings. The highest BCUT2D eigenvalue weighted by Gasteiger charge is 2.22. The van der Waals surface area contributed by atoms with E-state index >= 15 is 0 Å². The molecule has 0 radical (unpaired) electrons. The Labute approximate surface area is 130 Å². The van der Waals surface area contributed by atoms with Crippen LogP contribution in [0.25, 0.3) is 0 Å². The first kappa shape index (κ1) is 15.8. The Morgan fingerprint density at radius 2 is 1.76 bits per heavy atom. The third-order valence-corrected chi connectivity index (χ3v) is 3.96. The molecule has 0 bridgehead atoms. The van der Waals surface area contributed by atoms with Gasteiger partial charge in [0.2, 0.25) is 0 Å². The van der Waals surface area contributed by atoms with E-state index in [1.165, 1.54) is 0 Å². The van der Waals surface area contributed by atoms with Crippen molar-refractivity contribution < 1.29 is 9.84 Å². The molecule has 2 atom stereocenters. The van der Waals surface area contributed by atoms with Crippen molar-refractivity contribution in [3.63, 3.8) is 0 Å². The molecule has 21 heavy (non-hydrogen) atoms. The van der Waals surface area contributed by atoms with Gasteiger partial charge in [-0.15, -0.1) is 0 Å². The number of hydrogen-bond acceptors (Lipinski definition) is 3. The summed E-state index contributed by atoms with van der Waals surface area (Å²) in [6.07, 6.45) is -0.689. The quantitative estimate of drug-likeness (QED) is 0.890. The van der Waals surface area contributed by atoms with Crippen molar-refractivity contribution in [1.82, 2.24) is 0 Å². The highest BCUT2D eigenvalue weighted by molar-refractivity contribution is 6.30. The van der Waals surface area contributed by atoms with E-state index in [4.69, 9.17) is 22.1 Å². The maximum Gasteiger partial charge on any atom is 0.122 e. The molecule has 0 fully saturated rings. The summed E-state index contributed by atoms with van der Waals surface area (Å²) in [5, 5.41) is 11.3. The van der Waals surface area contributed by atoms with Gasteiger partial charge < -0.3 is 15.6 Å². The molecular formula is C17H20ClNO2. The second-order valence-corrected chi connectivity index (χ2v) is 5.50. The molecule has 0 heterocycles. The minimum atomic E-state index is -0.689. The summed E-state index contributed by atoms with van der Waals surface area (Å²) in [6, 6.07) is 13.1. The Bertz CT molecular complexity index is 598. The third kappa shape index (κ3) is 3.56. The van der Waals surface area contributed by atoms with Gasteiger partial charge in [-0.25, -0.2) is 0 Å². The number of aliphatic hydroxyl groups excluding tert-OH is 1. The summed E-state index contributed by atoms with van der Waals surface area (Å²) in [7, 11) is 1.62. The summed E-state index contributed by atoms with van der Waals surface area (Å²) in [6.45, 7) is 2.31. The molecule has 0 amide bonds. The predicted octanol–water partition coefficient (Wildman–Crippen LogP) is 3.43. The lowest BCUT2D eigenvalue weighted by molar-refractivity contribution is 0.147. The van der Waals surface area contributed by atoms with Crippen LogP contribution < -0.4 is 10.5 Å². The molecule has 2 rings (SSSR count). The van der Waals surface area contributed by atoms with E-state index in [9.17, 15) is 5.11 Å². The molecule has 0 spiro atoms. The van der Waals surface area contributed by atoms with E-state index in [1.54, 1.807) is 7.11 Å². The summed E-state index contributed by atoms with van der Waals surface area (Å²) in [5.74, 6) is 0.577. The molecule has 0 saturated heterocycles. The minimum Gasteiger partial charge on any atom is -0.496 e. The van der Waals surface area contributed by atoms with Crippen molar-refractivity contribution in [2.24, 2.45) is 5.73 Å². The second-order valence-electron chi connectivity index (χ2n) is 5.07. The van der Waals surface area contributed by atoms with Gasteiger partial charge in [-0.3, -0.25) is 0 Å². The number of hydrogen-bond donors (Lipinski definition) is 2. The number of rotatable bonds is 5. The number of benzene rings is 2. The van der Waals surface area contributed by atoms with Gasteiger partial charge in [0.25, 0.3) is 0 Å². The zero-order valence-electron chi connectivity index (χ0n) is 12.2. The molecule has 2 unspecified atom stereocenters. The van der Waals surface area contributed by atoms with Crippen molar-refractivity contribution in [3.8, 4) is 5.75 Å². The minimum absolute atomic E-state index is 0.185. The van der Waals surface area contributed by atoms with E-state index in [2.05, 4.69) is 0 Å². The number of halogens is 1. The predicted molar refractivity (Wildman–Crippen MR) is 85.9 cm³/mol. The van der Waals surface area contributed by atoms with Crippen LogP contribution >= 0.6 is 11.6 Å². The number of nitrogens with two attached hydrogens (primary N) is 1. The van der Waals surface area contributed by atoms with E-state index in [0.717, 1.165) is 22.4 Å². The number of aliphatic hydroxyl groups is 1. The molecular weight excluding hydrogens is 286 g/mol. The van der Waals surface area contributed by atoms with Crippen LogP contribution in [0.2, 0.25) is 5.02 Å². The normalized spacial score (nSPS) is 13.8. The van der Waals surface area contributed by atoms with Gasteiger partial charge in [-0.1, -0.05) is 35.9 Å². The molecule has 3 nitrogen and oxygen atoms in total. The maximum absolute atomic E-state index is 10.6. The van der Waals surface area contributed by atoms with Crippen LogP contribution in [-0.4, -0.2) is 18.8 Å². The van der Waals surface area contributed by atoms with Gasteiger partial charge in [0.05, 0.1) is 13.2 Å². The van der Waals surface area contributed by atoms with Crippen molar-refractivity contribution in [3.05, 3.63) is 64.2 Å². The van der Waals surface area contributed by atoms with Gasteiger partial charge in [0, 0.05) is 17.5 Å². The molecule has 112 valence electrons. The average molecular weight is 306 g/mol. The van der Waals surface area contributed by atoms with Crippen molar-refractivity contribution in [2.45, 2.75) is 18.9 Å². The van der Waals surface area contributed by atoms with Gasteiger partial charge in [0.1, 0.15) is 5.75 Å². The second kappa shape index (κ2) is 6.94. The molecule has 3 N–H and O–H groups in total. The fourth-order valence-electron chi connectivity index (χ4n) is 2.41. The van der Waals surface area contributed by atoms with Crippen LogP contribution in [0.3, 0.4) is 0 Å². The molecule has 0 aromatic heterocycles. The fraction of sp³-hybridized carbons (Fsp3) is 0.294. The molecule has 0 aliphatic carbocycles. The van der Waals surface area contributed by atoms with Crippen LogP contribution in [0.5, 0.6) is 5.75 Å². The van der Waals surface area contributed by atoms with Crippen molar-refractivity contribution in [2.75, 3.05) is 13.7 Å². The Morgan fingerprint density at radius 3 is 2.33 bits per heavy atom. The van der Waals surface area contributed by atoms with Crippen LogP contribution in [0.4, 0.5) is 0 Å². The van der Waals surface area contributed by atoms with E-state index < -0.39 is 6.10 Å². The number of aryl methyl sites for hydroxylation is 1. The Kier molecular flexibility index (Phi) is 5.23. The summed E-state index contributed by atoms with van der Waals surface area (Å²) >= 11 is 5.90. The van der Waals surface area contributed by atoms with Crippen LogP contribution in [0.15, 0.2) is 42.5 Å². The molecule has 2 aromatic rings. The highest BCUT2D eigenvalue weighted by Crippen LogP contribution is 2.33. The topological polar surface area (TPSA) is 55.5 Å². The first-order chi connectivity index (χ1) is 10.1. The van der Waals surface area contributed by atoms with Crippen LogP contribution in [-0.2, 0) is 0 Å². The lowest BCUT2D eigenvalue weighted by Crippen LogP contribution is -2.20. The van der Waals surface area contributed by atoms with Gasteiger partial charge >= 0.3 is 0 Å². The van der Waals surface area contributed by atoms with E-state index in [1.807, 2.05) is 49.4 Å². The third-order valence-electron chi connectivity index (χ3n) is 3.71. The molecule has 0 saturated carbocycles. The van der Waals surface area contributed by atoms with Crippen molar-refractivity contribution >= 4 is 11.6 Å². The first-order valence-corrected chi connectivity index (χ1v) is 7.22. The fourth-order valence-corrected chi connectivity index (χ4v) is 2.54. The van der Waals surface area contributed by atoms with Crippen LogP contribution in [0.1, 0.15) is 28.7 Å². The lowest BCUT2D eigenvalue weighted by atomic mass is 9.89. The zero-order chi connectivity index (χ0) is 15.4. The first-order valence-electron chi connectivity index (χ1n) is 6.85. The highest BCUT2D eigenvalue weighted by atomic mass is 35.5. The average Bonchev–Trinajstić information content (AvgIpc) is 2.50. The van der Waals surface area contributed by atoms with Gasteiger partial charge in [-0.2, -0.15) is 0 Å². The monoisotopic (exact) mass is 305 g/mol. The SMILES string of the molecule is COc1cc(C(O)C(CN)c2ccc(Cl)cc2)ccc1C. The largest absolute Gasteiger partial charge is 0.496 e. The Hall–Kier alpha value is -1.55. The van der Waals surface area contributed by atoms with Gasteiger partial charge in [0.15, 0.2) is 0 Å². The number of methoxy groups -OCH3 is 1. The molecule has 4 heteroatoms. The smallest absolute Gasteiger partial charge is 0.122 e. The lowest BCUT2D eigenvalue weighted by Gasteiger charge is -2.23. The Balaban J connectivity index is 2.31. The summed E-state index contributed by atoms with van der Waals surface area (Å²) in [5.41, 5.74) is 8.65. The summed E-state index contributed by atoms with van der Waals surface area (Å²) in [4.78, 5) is 0. The number of ether oxygens (including phenoxy) is 1. The van der Waals surface area contributed by atoms with E-state index in [-0.39, 0.29) is 5.92 Å². The summed E-state index contributed by atoms with van der Waals surface area (Å²) < 4.78 is 5.31. The standard InChI is InChI=1S/C17H20ClNO2/c1-11-3-4-13(9-16(11)21-2)17(20)15(10-19)12-5-7-14(18)8-6-12/h3-9,15,17,20H,10,19H2,1-2H3. The molecule has 0 aliphatic heterocycles. The van der Waals surface area contributed by atoms with Crippen molar-refractivity contribution in [1.29, 1.82) is 0 Å². The van der Waals surface area contributed by atoms with Gasteiger partial charge in [-0.05, 0) is 41.8 Å². The van der Waals surface area contributed by atoms with E-state index in [0.29, 0.717) is 11.6 Å².